The van der Waals surface area contributed by atoms with Crippen LogP contribution in [0.3, 0.4) is 0 Å². The van der Waals surface area contributed by atoms with Gasteiger partial charge in [0.25, 0.3) is 5.91 Å². The molecule has 0 heterocycles. The van der Waals surface area contributed by atoms with Gasteiger partial charge in [0.05, 0.1) is 12.3 Å². The molecule has 0 saturated carbocycles. The van der Waals surface area contributed by atoms with Crippen molar-refractivity contribution in [1.82, 2.24) is 0 Å². The molecule has 0 atom stereocenters. The molecule has 3 rings (SSSR count). The minimum Gasteiger partial charge on any atom is -0.506 e. The lowest BCUT2D eigenvalue weighted by Crippen LogP contribution is -2.12. The van der Waals surface area contributed by atoms with Crippen LogP contribution in [0.5, 0.6) is 11.5 Å². The smallest absolute Gasteiger partial charge is 0.255 e. The minimum absolute atomic E-state index is 0.0682. The molecular formula is C26H29NO3. The van der Waals surface area contributed by atoms with Gasteiger partial charge in [-0.1, -0.05) is 49.7 Å². The number of phenolic OH excluding ortho intramolecular Hbond substituents is 1. The molecule has 0 aliphatic heterocycles. The molecule has 0 aliphatic rings. The molecule has 0 radical (unpaired) electrons. The van der Waals surface area contributed by atoms with Gasteiger partial charge in [0.15, 0.2) is 0 Å². The molecule has 2 N–H and O–H groups in total. The third kappa shape index (κ3) is 6.38. The van der Waals surface area contributed by atoms with E-state index in [1.165, 1.54) is 5.56 Å². The zero-order valence-electron chi connectivity index (χ0n) is 17.4. The Balaban J connectivity index is 1.46. The maximum atomic E-state index is 12.5. The lowest BCUT2D eigenvalue weighted by Gasteiger charge is -2.10. The average molecular weight is 404 g/mol. The average Bonchev–Trinajstić information content (AvgIpc) is 2.77. The van der Waals surface area contributed by atoms with Crippen LogP contribution in [0.4, 0.5) is 5.69 Å². The molecular weight excluding hydrogens is 374 g/mol. The van der Waals surface area contributed by atoms with E-state index in [1.807, 2.05) is 18.2 Å². The van der Waals surface area contributed by atoms with Crippen molar-refractivity contribution >= 4 is 11.6 Å². The first-order valence-corrected chi connectivity index (χ1v) is 10.6. The van der Waals surface area contributed by atoms with Gasteiger partial charge in [-0.3, -0.25) is 4.79 Å². The number of phenols is 1. The maximum Gasteiger partial charge on any atom is 0.255 e. The predicted molar refractivity (Wildman–Crippen MR) is 121 cm³/mol. The summed E-state index contributed by atoms with van der Waals surface area (Å²) in [6.45, 7) is 2.74. The third-order valence-corrected chi connectivity index (χ3v) is 4.94. The number of aromatic hydroxyl groups is 1. The van der Waals surface area contributed by atoms with E-state index in [4.69, 9.17) is 4.74 Å². The molecule has 30 heavy (non-hydrogen) atoms. The van der Waals surface area contributed by atoms with Crippen LogP contribution in [0.1, 0.15) is 47.7 Å². The van der Waals surface area contributed by atoms with Crippen molar-refractivity contribution in [3.05, 3.63) is 89.5 Å². The Morgan fingerprint density at radius 2 is 1.67 bits per heavy atom. The molecule has 1 amide bonds. The fourth-order valence-electron chi connectivity index (χ4n) is 3.29. The van der Waals surface area contributed by atoms with Crippen LogP contribution < -0.4 is 10.1 Å². The van der Waals surface area contributed by atoms with Gasteiger partial charge in [-0.15, -0.1) is 0 Å². The molecule has 0 spiro atoms. The Labute approximate surface area is 178 Å². The normalized spacial score (nSPS) is 10.6. The Kier molecular flexibility index (Phi) is 7.90. The lowest BCUT2D eigenvalue weighted by molar-refractivity contribution is 0.102. The number of aryl methyl sites for hydroxylation is 2. The fourth-order valence-corrected chi connectivity index (χ4v) is 3.29. The number of carbonyl (C=O) groups is 1. The van der Waals surface area contributed by atoms with E-state index in [-0.39, 0.29) is 11.7 Å². The van der Waals surface area contributed by atoms with Gasteiger partial charge in [-0.2, -0.15) is 0 Å². The van der Waals surface area contributed by atoms with E-state index < -0.39 is 0 Å². The van der Waals surface area contributed by atoms with Crippen LogP contribution >= 0.6 is 0 Å². The zero-order chi connectivity index (χ0) is 21.2. The molecule has 0 aromatic heterocycles. The number of amides is 1. The largest absolute Gasteiger partial charge is 0.506 e. The number of hydrogen-bond acceptors (Lipinski definition) is 3. The Morgan fingerprint density at radius 1 is 0.900 bits per heavy atom. The summed E-state index contributed by atoms with van der Waals surface area (Å²) in [7, 11) is 0. The molecule has 4 nitrogen and oxygen atoms in total. The fraction of sp³-hybridized carbons (Fsp3) is 0.269. The molecule has 0 saturated heterocycles. The Morgan fingerprint density at radius 3 is 2.40 bits per heavy atom. The second kappa shape index (κ2) is 11.1. The first-order chi connectivity index (χ1) is 14.7. The van der Waals surface area contributed by atoms with Gasteiger partial charge in [0.2, 0.25) is 0 Å². The first kappa shape index (κ1) is 21.4. The Bertz CT molecular complexity index is 936. The summed E-state index contributed by atoms with van der Waals surface area (Å²) in [4.78, 5) is 12.5. The van der Waals surface area contributed by atoms with Gasteiger partial charge >= 0.3 is 0 Å². The number of carbonyl (C=O) groups excluding carboxylic acids is 1. The monoisotopic (exact) mass is 403 g/mol. The second-order valence-corrected chi connectivity index (χ2v) is 7.37. The summed E-state index contributed by atoms with van der Waals surface area (Å²) in [5, 5.41) is 12.8. The minimum atomic E-state index is -0.256. The van der Waals surface area contributed by atoms with Gasteiger partial charge < -0.3 is 15.2 Å². The molecule has 0 bridgehead atoms. The van der Waals surface area contributed by atoms with Gasteiger partial charge in [0, 0.05) is 5.56 Å². The van der Waals surface area contributed by atoms with Crippen LogP contribution in [-0.4, -0.2) is 17.6 Å². The number of anilines is 1. The van der Waals surface area contributed by atoms with E-state index in [9.17, 15) is 9.90 Å². The van der Waals surface area contributed by atoms with E-state index in [2.05, 4.69) is 36.5 Å². The van der Waals surface area contributed by atoms with Crippen LogP contribution in [0.25, 0.3) is 0 Å². The van der Waals surface area contributed by atoms with Crippen molar-refractivity contribution in [1.29, 1.82) is 0 Å². The SMILES string of the molecule is CCCc1ccc(O)c(NC(=O)c2ccc(OCCCCc3ccccc3)cc2)c1. The van der Waals surface area contributed by atoms with E-state index in [0.717, 1.165) is 43.4 Å². The summed E-state index contributed by atoms with van der Waals surface area (Å²) in [5.41, 5.74) is 3.39. The highest BCUT2D eigenvalue weighted by atomic mass is 16.5. The van der Waals surface area contributed by atoms with Crippen molar-refractivity contribution in [2.75, 3.05) is 11.9 Å². The van der Waals surface area contributed by atoms with Crippen molar-refractivity contribution in [2.24, 2.45) is 0 Å². The molecule has 3 aromatic rings. The maximum absolute atomic E-state index is 12.5. The highest BCUT2D eigenvalue weighted by Crippen LogP contribution is 2.25. The van der Waals surface area contributed by atoms with E-state index in [1.54, 1.807) is 30.3 Å². The van der Waals surface area contributed by atoms with Gasteiger partial charge in [-0.25, -0.2) is 0 Å². The molecule has 0 fully saturated rings. The number of ether oxygens (including phenoxy) is 1. The lowest BCUT2D eigenvalue weighted by atomic mass is 10.1. The van der Waals surface area contributed by atoms with Crippen molar-refractivity contribution in [3.8, 4) is 11.5 Å². The number of hydrogen-bond donors (Lipinski definition) is 2. The van der Waals surface area contributed by atoms with E-state index in [0.29, 0.717) is 17.9 Å². The number of benzene rings is 3. The van der Waals surface area contributed by atoms with Crippen molar-refractivity contribution in [2.45, 2.75) is 39.0 Å². The number of unbranched alkanes of at least 4 members (excludes halogenated alkanes) is 1. The van der Waals surface area contributed by atoms with Gasteiger partial charge in [-0.05, 0) is 73.2 Å². The zero-order valence-corrected chi connectivity index (χ0v) is 17.4. The summed E-state index contributed by atoms with van der Waals surface area (Å²) >= 11 is 0. The standard InChI is InChI=1S/C26H29NO3/c1-2-8-21-12-17-25(28)24(19-21)27-26(29)22-13-15-23(16-14-22)30-18-7-6-11-20-9-4-3-5-10-20/h3-5,9-10,12-17,19,28H,2,6-8,11,18H2,1H3,(H,27,29). The summed E-state index contributed by atoms with van der Waals surface area (Å²) in [6.07, 6.45) is 5.01. The Hall–Kier alpha value is -3.27. The predicted octanol–water partition coefficient (Wildman–Crippen LogP) is 6.00. The molecule has 0 unspecified atom stereocenters. The van der Waals surface area contributed by atoms with Gasteiger partial charge in [0.1, 0.15) is 11.5 Å². The first-order valence-electron chi connectivity index (χ1n) is 10.6. The highest BCUT2D eigenvalue weighted by Gasteiger charge is 2.10. The summed E-state index contributed by atoms with van der Waals surface area (Å²) in [5.74, 6) is 0.561. The van der Waals surface area contributed by atoms with E-state index >= 15 is 0 Å². The molecule has 0 aliphatic carbocycles. The summed E-state index contributed by atoms with van der Waals surface area (Å²) < 4.78 is 5.79. The number of rotatable bonds is 10. The third-order valence-electron chi connectivity index (χ3n) is 4.94. The van der Waals surface area contributed by atoms with Crippen LogP contribution in [0.2, 0.25) is 0 Å². The highest BCUT2D eigenvalue weighted by molar-refractivity contribution is 6.05. The van der Waals surface area contributed by atoms with Crippen molar-refractivity contribution in [3.63, 3.8) is 0 Å². The summed E-state index contributed by atoms with van der Waals surface area (Å²) in [6, 6.07) is 22.8. The van der Waals surface area contributed by atoms with Crippen LogP contribution in [0.15, 0.2) is 72.8 Å². The number of nitrogens with one attached hydrogen (secondary N) is 1. The van der Waals surface area contributed by atoms with Crippen LogP contribution in [0, 0.1) is 0 Å². The topological polar surface area (TPSA) is 58.6 Å². The second-order valence-electron chi connectivity index (χ2n) is 7.37. The molecule has 156 valence electrons. The molecule has 4 heteroatoms. The molecule has 3 aromatic carbocycles. The quantitative estimate of drug-likeness (QED) is 0.322. The van der Waals surface area contributed by atoms with Crippen molar-refractivity contribution < 1.29 is 14.6 Å². The van der Waals surface area contributed by atoms with Crippen LogP contribution in [-0.2, 0) is 12.8 Å².